The molecule has 9 heteroatoms. The van der Waals surface area contributed by atoms with Gasteiger partial charge in [0, 0.05) is 36.5 Å². The molecule has 5 atom stereocenters. The number of hydrogen-bond donors (Lipinski definition) is 4. The second-order valence-corrected chi connectivity index (χ2v) is 9.60. The van der Waals surface area contributed by atoms with Crippen LogP contribution in [0.5, 0.6) is 0 Å². The molecule has 8 nitrogen and oxygen atoms in total. The van der Waals surface area contributed by atoms with Gasteiger partial charge in [-0.3, -0.25) is 9.79 Å². The summed E-state index contributed by atoms with van der Waals surface area (Å²) in [6, 6.07) is 0.771. The van der Waals surface area contributed by atoms with Gasteiger partial charge in [0.25, 0.3) is 0 Å². The number of nitrogens with zero attached hydrogens (tertiary/aromatic N) is 3. The van der Waals surface area contributed by atoms with Gasteiger partial charge in [-0.25, -0.2) is 0 Å². The molecule has 2 aliphatic carbocycles. The summed E-state index contributed by atoms with van der Waals surface area (Å²) < 4.78 is 0. The Balaban J connectivity index is 0.000000240. The van der Waals surface area contributed by atoms with Crippen LogP contribution in [0.2, 0.25) is 0 Å². The number of ketones is 1. The van der Waals surface area contributed by atoms with E-state index in [9.17, 15) is 20.1 Å². The number of aliphatic hydroxyl groups is 3. The van der Waals surface area contributed by atoms with Crippen LogP contribution in [-0.2, 0) is 21.3 Å². The van der Waals surface area contributed by atoms with Crippen molar-refractivity contribution in [3.63, 3.8) is 0 Å². The minimum atomic E-state index is -0.425. The molecule has 0 amide bonds. The Morgan fingerprint density at radius 1 is 1.00 bits per heavy atom. The van der Waals surface area contributed by atoms with Crippen molar-refractivity contribution in [1.29, 1.82) is 0 Å². The maximum absolute atomic E-state index is 11.0. The fourth-order valence-corrected chi connectivity index (χ4v) is 4.62. The van der Waals surface area contributed by atoms with E-state index in [0.717, 1.165) is 51.9 Å². The zero-order valence-electron chi connectivity index (χ0n) is 20.4. The molecule has 3 fully saturated rings. The number of nitrogens with one attached hydrogen (secondary N) is 1. The summed E-state index contributed by atoms with van der Waals surface area (Å²) in [4.78, 5) is 15.4. The van der Waals surface area contributed by atoms with Crippen LogP contribution < -0.4 is 5.32 Å². The summed E-state index contributed by atoms with van der Waals surface area (Å²) in [5.74, 6) is -0.0329. The van der Waals surface area contributed by atoms with Gasteiger partial charge < -0.3 is 31.3 Å². The third-order valence-corrected chi connectivity index (χ3v) is 6.73. The Kier molecular flexibility index (Phi) is 13.8. The third kappa shape index (κ3) is 11.0. The second-order valence-electron chi connectivity index (χ2n) is 9.60. The van der Waals surface area contributed by atoms with E-state index in [-0.39, 0.29) is 40.1 Å². The Labute approximate surface area is 219 Å². The van der Waals surface area contributed by atoms with E-state index in [1.165, 1.54) is 37.8 Å². The molecule has 4 rings (SSSR count). The zero-order valence-corrected chi connectivity index (χ0v) is 21.4. The van der Waals surface area contributed by atoms with Crippen LogP contribution >= 0.6 is 0 Å². The zero-order chi connectivity index (χ0) is 24.2. The molecular weight excluding hydrogens is 491 g/mol. The predicted octanol–water partition coefficient (Wildman–Crippen LogP) is 3.47. The van der Waals surface area contributed by atoms with Crippen molar-refractivity contribution in [3.8, 4) is 0 Å². The molecule has 35 heavy (non-hydrogen) atoms. The Morgan fingerprint density at radius 2 is 1.71 bits per heavy atom. The van der Waals surface area contributed by atoms with E-state index in [4.69, 9.17) is 0 Å². The smallest absolute Gasteiger partial charge is 0.658 e. The fourth-order valence-electron chi connectivity index (χ4n) is 4.62. The van der Waals surface area contributed by atoms with E-state index in [1.54, 1.807) is 12.3 Å². The van der Waals surface area contributed by atoms with E-state index < -0.39 is 6.10 Å². The maximum atomic E-state index is 11.0. The second kappa shape index (κ2) is 16.3. The summed E-state index contributed by atoms with van der Waals surface area (Å²) in [5.41, 5.74) is 0.639. The van der Waals surface area contributed by atoms with Crippen LogP contribution in [0.4, 0.5) is 0 Å². The van der Waals surface area contributed by atoms with Gasteiger partial charge in [0.15, 0.2) is 5.78 Å². The molecule has 0 aromatic rings. The van der Waals surface area contributed by atoms with Gasteiger partial charge in [0.1, 0.15) is 5.76 Å². The largest absolute Gasteiger partial charge is 2.00 e. The quantitative estimate of drug-likeness (QED) is 0.308. The molecule has 2 aliphatic heterocycles. The number of aliphatic hydroxyl groups excluding tert-OH is 3. The first-order valence-electron chi connectivity index (χ1n) is 12.8. The minimum absolute atomic E-state index is 0. The number of hydrogen-bond acceptors (Lipinski definition) is 6. The van der Waals surface area contributed by atoms with Crippen molar-refractivity contribution >= 4 is 12.0 Å². The molecule has 2 saturated heterocycles. The molecule has 198 valence electrons. The fraction of sp³-hybridized carbons (Fsp3) is 0.692. The summed E-state index contributed by atoms with van der Waals surface area (Å²) >= 11 is 0. The van der Waals surface area contributed by atoms with Gasteiger partial charge in [-0.2, -0.15) is 0 Å². The van der Waals surface area contributed by atoms with Crippen molar-refractivity contribution in [2.45, 2.75) is 82.1 Å². The summed E-state index contributed by atoms with van der Waals surface area (Å²) in [6.07, 6.45) is 16.5. The molecular formula is C26H40N4NiO4. The Morgan fingerprint density at radius 3 is 2.34 bits per heavy atom. The molecule has 4 N–H and O–H groups in total. The molecule has 4 aliphatic rings. The molecule has 1 saturated carbocycles. The number of aliphatic imine (C=N–C) groups is 1. The van der Waals surface area contributed by atoms with Crippen molar-refractivity contribution < 1.29 is 36.6 Å². The van der Waals surface area contributed by atoms with Gasteiger partial charge >= 0.3 is 16.5 Å². The Bertz CT molecular complexity index is 758. The van der Waals surface area contributed by atoms with E-state index in [0.29, 0.717) is 24.1 Å². The molecule has 0 bridgehead atoms. The van der Waals surface area contributed by atoms with Crippen LogP contribution in [-0.4, -0.2) is 77.8 Å². The van der Waals surface area contributed by atoms with E-state index in [2.05, 4.69) is 20.9 Å². The average Bonchev–Trinajstić information content (AvgIpc) is 2.84. The first-order valence-corrected chi connectivity index (χ1v) is 12.8. The van der Waals surface area contributed by atoms with Gasteiger partial charge in [-0.05, 0) is 38.0 Å². The number of carbonyl (C=O) groups is 1. The number of piperidine rings is 2. The van der Waals surface area contributed by atoms with Crippen LogP contribution in [0.25, 0.3) is 10.6 Å². The van der Waals surface area contributed by atoms with Gasteiger partial charge in [0.05, 0.1) is 12.2 Å². The first kappa shape index (κ1) is 29.7. The average molecular weight is 531 g/mol. The van der Waals surface area contributed by atoms with Gasteiger partial charge in [0.2, 0.25) is 0 Å². The van der Waals surface area contributed by atoms with Crippen molar-refractivity contribution in [1.82, 2.24) is 5.32 Å². The molecule has 0 aromatic carbocycles. The summed E-state index contributed by atoms with van der Waals surface area (Å²) in [5, 5.41) is 40.9. The van der Waals surface area contributed by atoms with Crippen LogP contribution in [0.15, 0.2) is 40.8 Å². The normalized spacial score (nSPS) is 32.4. The van der Waals surface area contributed by atoms with Crippen molar-refractivity contribution in [3.05, 3.63) is 46.4 Å². The summed E-state index contributed by atoms with van der Waals surface area (Å²) in [6.45, 7) is 3.51. The number of allylic oxidation sites excluding steroid dienone is 3. The molecule has 0 aromatic heterocycles. The predicted molar refractivity (Wildman–Crippen MR) is 135 cm³/mol. The SMILES string of the molecule is O=C1C=C/C(=C/NCC2CCCC[N-]2)C(O)=C1.OC1CCC(C=NCC2CCCC[N-]2)C(O)C1.[Ni+2]. The Hall–Kier alpha value is -1.51. The van der Waals surface area contributed by atoms with E-state index >= 15 is 0 Å². The van der Waals surface area contributed by atoms with Crippen molar-refractivity contribution in [2.24, 2.45) is 10.9 Å². The van der Waals surface area contributed by atoms with Crippen LogP contribution in [0, 0.1) is 5.92 Å². The van der Waals surface area contributed by atoms with Gasteiger partial charge in [-0.15, -0.1) is 25.2 Å². The number of rotatable bonds is 6. The molecule has 0 spiro atoms. The third-order valence-electron chi connectivity index (χ3n) is 6.73. The van der Waals surface area contributed by atoms with E-state index in [1.807, 2.05) is 6.21 Å². The minimum Gasteiger partial charge on any atom is -0.658 e. The monoisotopic (exact) mass is 530 g/mol. The summed E-state index contributed by atoms with van der Waals surface area (Å²) in [7, 11) is 0. The van der Waals surface area contributed by atoms with Crippen LogP contribution in [0.1, 0.15) is 57.8 Å². The van der Waals surface area contributed by atoms with Gasteiger partial charge in [-0.1, -0.05) is 38.5 Å². The number of carbonyl (C=O) groups excluding carboxylic acids is 1. The molecule has 2 heterocycles. The first-order chi connectivity index (χ1) is 16.5. The van der Waals surface area contributed by atoms with Crippen LogP contribution in [0.3, 0.4) is 0 Å². The maximum Gasteiger partial charge on any atom is 2.00 e. The standard InChI is InChI=1S/C13H23N2O2.C13H17N2O2.Ni/c2*16-12-5-4-10(13(17)7-12)8-14-9-11-3-1-2-6-15-11;/h8,10-13,16-17H,1-7,9H2;4-5,7-8,11,14,17H,1-3,6,9H2;/q2*-1;+2/b;10-8-;. The molecule has 5 unspecified atom stereocenters. The van der Waals surface area contributed by atoms with Crippen molar-refractivity contribution in [2.75, 3.05) is 26.2 Å². The topological polar surface area (TPSA) is 130 Å². The molecule has 0 radical (unpaired) electrons.